The van der Waals surface area contributed by atoms with Crippen LogP contribution in [0.2, 0.25) is 0 Å². The van der Waals surface area contributed by atoms with Crippen molar-refractivity contribution in [3.8, 4) is 0 Å². The summed E-state index contributed by atoms with van der Waals surface area (Å²) in [5.74, 6) is -2.84. The van der Waals surface area contributed by atoms with Gasteiger partial charge in [-0.1, -0.05) is 30.8 Å². The van der Waals surface area contributed by atoms with Crippen LogP contribution >= 0.6 is 0 Å². The fraction of sp³-hybridized carbons (Fsp3) is 0.154. The fourth-order valence-corrected chi connectivity index (χ4v) is 3.48. The molecule has 3 aromatic rings. The van der Waals surface area contributed by atoms with Gasteiger partial charge in [-0.3, -0.25) is 4.79 Å². The Balaban J connectivity index is 2.15. The Hall–Kier alpha value is -3.94. The summed E-state index contributed by atoms with van der Waals surface area (Å²) < 4.78 is 58.9. The number of nitrogens with zero attached hydrogens (tertiary/aromatic N) is 3. The number of benzene rings is 3. The van der Waals surface area contributed by atoms with Crippen molar-refractivity contribution in [1.29, 1.82) is 0 Å². The van der Waals surface area contributed by atoms with Crippen LogP contribution in [0, 0.1) is 30.2 Å². The van der Waals surface area contributed by atoms with Crippen molar-refractivity contribution in [2.75, 3.05) is 17.0 Å². The standard InChI is InChI=1S/C26H23F4N3O/c1-16(2)25(31-33(15-34)23-8-6-5-7-19(23)27)24-20(28)11-12-21(29)26(24)32(4)14-18-10-9-17(3)13-22(18)30/h5-13,15H,1,14H2,2-4H3. The molecule has 176 valence electrons. The lowest BCUT2D eigenvalue weighted by molar-refractivity contribution is -0.107. The van der Waals surface area contributed by atoms with E-state index in [0.717, 1.165) is 23.8 Å². The minimum atomic E-state index is -0.839. The molecular weight excluding hydrogens is 446 g/mol. The number of halogens is 4. The van der Waals surface area contributed by atoms with E-state index >= 15 is 8.78 Å². The third-order valence-corrected chi connectivity index (χ3v) is 5.12. The van der Waals surface area contributed by atoms with Crippen molar-refractivity contribution in [1.82, 2.24) is 0 Å². The highest BCUT2D eigenvalue weighted by atomic mass is 19.1. The predicted molar refractivity (Wildman–Crippen MR) is 126 cm³/mol. The average Bonchev–Trinajstić information content (AvgIpc) is 2.78. The molecule has 0 fully saturated rings. The first kappa shape index (κ1) is 24.7. The molecule has 3 aromatic carbocycles. The normalized spacial score (nSPS) is 11.3. The zero-order valence-corrected chi connectivity index (χ0v) is 18.9. The lowest BCUT2D eigenvalue weighted by atomic mass is 10.0. The minimum Gasteiger partial charge on any atom is -0.367 e. The summed E-state index contributed by atoms with van der Waals surface area (Å²) in [4.78, 5) is 13.1. The van der Waals surface area contributed by atoms with Crippen LogP contribution in [0.5, 0.6) is 0 Å². The quantitative estimate of drug-likeness (QED) is 0.172. The molecule has 34 heavy (non-hydrogen) atoms. The summed E-state index contributed by atoms with van der Waals surface area (Å²) in [5, 5.41) is 4.80. The first-order chi connectivity index (χ1) is 16.1. The van der Waals surface area contributed by atoms with Crippen molar-refractivity contribution in [2.45, 2.75) is 20.4 Å². The molecule has 0 atom stereocenters. The number of rotatable bonds is 8. The van der Waals surface area contributed by atoms with Crippen LogP contribution in [-0.4, -0.2) is 19.2 Å². The Morgan fingerprint density at radius 1 is 0.971 bits per heavy atom. The molecule has 0 saturated heterocycles. The summed E-state index contributed by atoms with van der Waals surface area (Å²) in [6.07, 6.45) is 0.254. The first-order valence-electron chi connectivity index (χ1n) is 10.3. The monoisotopic (exact) mass is 469 g/mol. The number of anilines is 2. The van der Waals surface area contributed by atoms with E-state index in [1.165, 1.54) is 43.1 Å². The van der Waals surface area contributed by atoms with Crippen molar-refractivity contribution < 1.29 is 22.4 Å². The number of hydrogen-bond acceptors (Lipinski definition) is 3. The highest BCUT2D eigenvalue weighted by Gasteiger charge is 2.24. The molecule has 0 radical (unpaired) electrons. The van der Waals surface area contributed by atoms with E-state index in [-0.39, 0.29) is 46.7 Å². The van der Waals surface area contributed by atoms with E-state index < -0.39 is 23.3 Å². The number of aryl methyl sites for hydroxylation is 1. The number of amides is 1. The first-order valence-corrected chi connectivity index (χ1v) is 10.3. The van der Waals surface area contributed by atoms with Crippen molar-refractivity contribution >= 4 is 23.5 Å². The number of hydrogen-bond donors (Lipinski definition) is 0. The number of carbonyl (C=O) groups excluding carboxylic acids is 1. The van der Waals surface area contributed by atoms with Gasteiger partial charge in [-0.05, 0) is 55.3 Å². The van der Waals surface area contributed by atoms with Gasteiger partial charge in [0.2, 0.25) is 6.41 Å². The molecule has 0 heterocycles. The summed E-state index contributed by atoms with van der Waals surface area (Å²) in [6.45, 7) is 6.94. The molecule has 3 rings (SSSR count). The van der Waals surface area contributed by atoms with Crippen molar-refractivity contribution in [3.63, 3.8) is 0 Å². The number of hydrazone groups is 1. The Morgan fingerprint density at radius 3 is 2.26 bits per heavy atom. The van der Waals surface area contributed by atoms with Gasteiger partial charge in [0.15, 0.2) is 0 Å². The summed E-state index contributed by atoms with van der Waals surface area (Å²) in [7, 11) is 1.48. The van der Waals surface area contributed by atoms with E-state index in [0.29, 0.717) is 5.01 Å². The second-order valence-corrected chi connectivity index (χ2v) is 7.83. The molecule has 1 amide bonds. The van der Waals surface area contributed by atoms with Crippen LogP contribution in [-0.2, 0) is 11.3 Å². The molecular formula is C26H23F4N3O. The van der Waals surface area contributed by atoms with Gasteiger partial charge >= 0.3 is 0 Å². The van der Waals surface area contributed by atoms with Gasteiger partial charge in [-0.2, -0.15) is 10.1 Å². The van der Waals surface area contributed by atoms with Gasteiger partial charge in [-0.15, -0.1) is 0 Å². The van der Waals surface area contributed by atoms with E-state index in [4.69, 9.17) is 0 Å². The number of para-hydroxylation sites is 1. The molecule has 0 spiro atoms. The van der Waals surface area contributed by atoms with Gasteiger partial charge in [0.05, 0.1) is 17.0 Å². The highest BCUT2D eigenvalue weighted by molar-refractivity contribution is 6.16. The molecule has 0 N–H and O–H groups in total. The fourth-order valence-electron chi connectivity index (χ4n) is 3.48. The van der Waals surface area contributed by atoms with E-state index in [1.54, 1.807) is 19.1 Å². The molecule has 0 bridgehead atoms. The average molecular weight is 469 g/mol. The smallest absolute Gasteiger partial charge is 0.234 e. The van der Waals surface area contributed by atoms with Crippen LogP contribution in [0.4, 0.5) is 28.9 Å². The van der Waals surface area contributed by atoms with Gasteiger partial charge in [0, 0.05) is 19.2 Å². The Labute approximate surface area is 195 Å². The maximum Gasteiger partial charge on any atom is 0.234 e. The third-order valence-electron chi connectivity index (χ3n) is 5.12. The van der Waals surface area contributed by atoms with E-state index in [2.05, 4.69) is 11.7 Å². The summed E-state index contributed by atoms with van der Waals surface area (Å²) >= 11 is 0. The molecule has 0 unspecified atom stereocenters. The highest BCUT2D eigenvalue weighted by Crippen LogP contribution is 2.31. The molecule has 0 aromatic heterocycles. The lowest BCUT2D eigenvalue weighted by Crippen LogP contribution is -2.25. The molecule has 4 nitrogen and oxygen atoms in total. The molecule has 0 aliphatic rings. The molecule has 0 aliphatic carbocycles. The maximum atomic E-state index is 15.1. The zero-order valence-electron chi connectivity index (χ0n) is 18.9. The SMILES string of the molecule is C=C(C)C(=NN(C=O)c1ccccc1F)c1c(F)ccc(F)c1N(C)Cc1ccc(C)cc1F. The topological polar surface area (TPSA) is 35.9 Å². The van der Waals surface area contributed by atoms with Crippen molar-refractivity contribution in [3.05, 3.63) is 107 Å². The van der Waals surface area contributed by atoms with Crippen LogP contribution in [0.25, 0.3) is 0 Å². The van der Waals surface area contributed by atoms with Crippen LogP contribution < -0.4 is 9.91 Å². The van der Waals surface area contributed by atoms with Crippen LogP contribution in [0.15, 0.2) is 71.9 Å². The van der Waals surface area contributed by atoms with Gasteiger partial charge in [-0.25, -0.2) is 17.6 Å². The largest absolute Gasteiger partial charge is 0.367 e. The van der Waals surface area contributed by atoms with Crippen LogP contribution in [0.3, 0.4) is 0 Å². The Bertz CT molecular complexity index is 1270. The van der Waals surface area contributed by atoms with Gasteiger partial charge in [0.1, 0.15) is 29.0 Å². The lowest BCUT2D eigenvalue weighted by Gasteiger charge is -2.25. The van der Waals surface area contributed by atoms with Gasteiger partial charge < -0.3 is 4.90 Å². The maximum absolute atomic E-state index is 15.1. The summed E-state index contributed by atoms with van der Waals surface area (Å²) in [6, 6.07) is 11.9. The second-order valence-electron chi connectivity index (χ2n) is 7.83. The summed E-state index contributed by atoms with van der Waals surface area (Å²) in [5.41, 5.74) is 0.358. The Kier molecular flexibility index (Phi) is 7.50. The minimum absolute atomic E-state index is 0.0757. The number of carbonyl (C=O) groups is 1. The van der Waals surface area contributed by atoms with E-state index in [1.807, 2.05) is 0 Å². The predicted octanol–water partition coefficient (Wildman–Crippen LogP) is 6.13. The number of allylic oxidation sites excluding steroid dienone is 1. The zero-order chi connectivity index (χ0) is 25.0. The van der Waals surface area contributed by atoms with E-state index in [9.17, 15) is 13.6 Å². The second kappa shape index (κ2) is 10.3. The van der Waals surface area contributed by atoms with Crippen LogP contribution in [0.1, 0.15) is 23.6 Å². The molecule has 0 saturated carbocycles. The Morgan fingerprint density at radius 2 is 1.65 bits per heavy atom. The van der Waals surface area contributed by atoms with Crippen molar-refractivity contribution in [2.24, 2.45) is 5.10 Å². The van der Waals surface area contributed by atoms with Gasteiger partial charge in [0.25, 0.3) is 0 Å². The third kappa shape index (κ3) is 5.17. The molecule has 0 aliphatic heterocycles. The molecule has 8 heteroatoms.